The Morgan fingerprint density at radius 2 is 1.95 bits per heavy atom. The van der Waals surface area contributed by atoms with E-state index in [-0.39, 0.29) is 0 Å². The van der Waals surface area contributed by atoms with Crippen molar-refractivity contribution in [1.82, 2.24) is 4.90 Å². The van der Waals surface area contributed by atoms with Gasteiger partial charge in [0.15, 0.2) is 0 Å². The molecule has 2 heteroatoms. The van der Waals surface area contributed by atoms with Crippen molar-refractivity contribution >= 4 is 0 Å². The number of aryl methyl sites for hydroxylation is 1. The number of hydrogen-bond donors (Lipinski definition) is 1. The number of fused-ring (bicyclic) bond motifs is 1. The molecule has 0 bridgehead atoms. The van der Waals surface area contributed by atoms with E-state index < -0.39 is 0 Å². The average molecular weight is 281 g/mol. The lowest BCUT2D eigenvalue weighted by Crippen LogP contribution is -2.29. The summed E-state index contributed by atoms with van der Waals surface area (Å²) in [7, 11) is 2.22. The monoisotopic (exact) mass is 281 g/mol. The van der Waals surface area contributed by atoms with Crippen molar-refractivity contribution < 1.29 is 5.11 Å². The minimum atomic E-state index is 0.390. The molecule has 0 aromatic heterocycles. The molecule has 0 saturated carbocycles. The highest BCUT2D eigenvalue weighted by atomic mass is 16.3. The van der Waals surface area contributed by atoms with Crippen molar-refractivity contribution in [3.63, 3.8) is 0 Å². The summed E-state index contributed by atoms with van der Waals surface area (Å²) in [6.07, 6.45) is 4.59. The molecule has 0 saturated heterocycles. The minimum absolute atomic E-state index is 0.390. The summed E-state index contributed by atoms with van der Waals surface area (Å²) in [4.78, 5) is 2.46. The third kappa shape index (κ3) is 3.27. The standard InChI is InChI=1S/C19H23NO/c1-20(13-12-15-6-3-2-4-7-15)19-9-5-8-16-14-17(21)10-11-18(16)19/h2-4,6-7,10-11,14,19,21H,5,8-9,12-13H2,1H3. The Labute approximate surface area is 127 Å². The predicted octanol–water partition coefficient (Wildman–Crippen LogP) is 3.94. The van der Waals surface area contributed by atoms with Gasteiger partial charge in [-0.05, 0) is 61.6 Å². The van der Waals surface area contributed by atoms with Gasteiger partial charge in [-0.3, -0.25) is 4.90 Å². The molecule has 1 aliphatic rings. The number of likely N-dealkylation sites (N-methyl/N-ethyl adjacent to an activating group) is 1. The molecule has 1 unspecified atom stereocenters. The highest BCUT2D eigenvalue weighted by Crippen LogP contribution is 2.35. The SMILES string of the molecule is CN(CCc1ccccc1)C1CCCc2cc(O)ccc21. The number of rotatable bonds is 4. The number of benzene rings is 2. The fourth-order valence-electron chi connectivity index (χ4n) is 3.34. The zero-order valence-corrected chi connectivity index (χ0v) is 12.6. The molecule has 0 amide bonds. The molecule has 1 atom stereocenters. The lowest BCUT2D eigenvalue weighted by Gasteiger charge is -2.33. The molecule has 2 aromatic carbocycles. The van der Waals surface area contributed by atoms with Gasteiger partial charge in [0.25, 0.3) is 0 Å². The fourth-order valence-corrected chi connectivity index (χ4v) is 3.34. The number of hydrogen-bond acceptors (Lipinski definition) is 2. The second-order valence-electron chi connectivity index (χ2n) is 6.01. The normalized spacial score (nSPS) is 17.7. The summed E-state index contributed by atoms with van der Waals surface area (Å²) < 4.78 is 0. The van der Waals surface area contributed by atoms with Gasteiger partial charge in [-0.25, -0.2) is 0 Å². The zero-order valence-electron chi connectivity index (χ0n) is 12.6. The first-order chi connectivity index (χ1) is 10.2. The Morgan fingerprint density at radius 1 is 1.14 bits per heavy atom. The Morgan fingerprint density at radius 3 is 2.76 bits per heavy atom. The summed E-state index contributed by atoms with van der Waals surface area (Å²) in [6, 6.07) is 17.0. The summed E-state index contributed by atoms with van der Waals surface area (Å²) in [5, 5.41) is 9.65. The summed E-state index contributed by atoms with van der Waals surface area (Å²) >= 11 is 0. The molecular weight excluding hydrogens is 258 g/mol. The lowest BCUT2D eigenvalue weighted by molar-refractivity contribution is 0.223. The van der Waals surface area contributed by atoms with Crippen molar-refractivity contribution in [2.24, 2.45) is 0 Å². The molecule has 2 aromatic rings. The quantitative estimate of drug-likeness (QED) is 0.917. The first-order valence-corrected chi connectivity index (χ1v) is 7.80. The third-order valence-electron chi connectivity index (χ3n) is 4.54. The van der Waals surface area contributed by atoms with Gasteiger partial charge in [-0.15, -0.1) is 0 Å². The van der Waals surface area contributed by atoms with Gasteiger partial charge in [-0.1, -0.05) is 36.4 Å². The topological polar surface area (TPSA) is 23.5 Å². The average Bonchev–Trinajstić information content (AvgIpc) is 2.52. The second kappa shape index (κ2) is 6.31. The van der Waals surface area contributed by atoms with Crippen molar-refractivity contribution in [2.75, 3.05) is 13.6 Å². The third-order valence-corrected chi connectivity index (χ3v) is 4.54. The number of phenolic OH excluding ortho intramolecular Hbond substituents is 1. The Bertz CT molecular complexity index is 594. The number of phenols is 1. The van der Waals surface area contributed by atoms with Crippen LogP contribution in [0.3, 0.4) is 0 Å². The van der Waals surface area contributed by atoms with Crippen LogP contribution in [0.25, 0.3) is 0 Å². The van der Waals surface area contributed by atoms with Crippen LogP contribution < -0.4 is 0 Å². The first-order valence-electron chi connectivity index (χ1n) is 7.80. The van der Waals surface area contributed by atoms with Gasteiger partial charge in [-0.2, -0.15) is 0 Å². The van der Waals surface area contributed by atoms with Crippen LogP contribution in [-0.4, -0.2) is 23.6 Å². The van der Waals surface area contributed by atoms with Crippen LogP contribution in [0, 0.1) is 0 Å². The Kier molecular flexibility index (Phi) is 4.26. The van der Waals surface area contributed by atoms with Gasteiger partial charge in [0.2, 0.25) is 0 Å². The Balaban J connectivity index is 1.70. The van der Waals surface area contributed by atoms with E-state index in [1.807, 2.05) is 12.1 Å². The van der Waals surface area contributed by atoms with E-state index in [1.54, 1.807) is 0 Å². The molecular formula is C19H23NO. The molecule has 3 rings (SSSR count). The van der Waals surface area contributed by atoms with Crippen molar-refractivity contribution in [1.29, 1.82) is 0 Å². The first kappa shape index (κ1) is 14.2. The van der Waals surface area contributed by atoms with E-state index in [9.17, 15) is 5.11 Å². The smallest absolute Gasteiger partial charge is 0.115 e. The van der Waals surface area contributed by atoms with Gasteiger partial charge in [0, 0.05) is 12.6 Å². The number of aromatic hydroxyl groups is 1. The molecule has 0 fully saturated rings. The molecule has 1 N–H and O–H groups in total. The molecule has 0 radical (unpaired) electrons. The molecule has 0 spiro atoms. The fraction of sp³-hybridized carbons (Fsp3) is 0.368. The largest absolute Gasteiger partial charge is 0.508 e. The highest BCUT2D eigenvalue weighted by molar-refractivity contribution is 5.38. The molecule has 0 heterocycles. The molecule has 0 aliphatic heterocycles. The maximum atomic E-state index is 9.65. The van der Waals surface area contributed by atoms with Crippen LogP contribution >= 0.6 is 0 Å². The summed E-state index contributed by atoms with van der Waals surface area (Å²) in [6.45, 7) is 1.06. The highest BCUT2D eigenvalue weighted by Gasteiger charge is 2.23. The van der Waals surface area contributed by atoms with Crippen molar-refractivity contribution in [2.45, 2.75) is 31.7 Å². The van der Waals surface area contributed by atoms with Crippen LogP contribution in [0.5, 0.6) is 5.75 Å². The zero-order chi connectivity index (χ0) is 14.7. The van der Waals surface area contributed by atoms with Gasteiger partial charge < -0.3 is 5.11 Å². The van der Waals surface area contributed by atoms with Crippen LogP contribution in [0.1, 0.15) is 35.6 Å². The molecule has 1 aliphatic carbocycles. The summed E-state index contributed by atoms with van der Waals surface area (Å²) in [5.74, 6) is 0.390. The van der Waals surface area contributed by atoms with Crippen LogP contribution in [0.2, 0.25) is 0 Å². The van der Waals surface area contributed by atoms with Gasteiger partial charge >= 0.3 is 0 Å². The lowest BCUT2D eigenvalue weighted by atomic mass is 9.86. The maximum absolute atomic E-state index is 9.65. The minimum Gasteiger partial charge on any atom is -0.508 e. The maximum Gasteiger partial charge on any atom is 0.115 e. The number of nitrogens with zero attached hydrogens (tertiary/aromatic N) is 1. The van der Waals surface area contributed by atoms with Crippen LogP contribution in [0.4, 0.5) is 0 Å². The second-order valence-corrected chi connectivity index (χ2v) is 6.01. The van der Waals surface area contributed by atoms with E-state index in [2.05, 4.69) is 48.3 Å². The molecule has 2 nitrogen and oxygen atoms in total. The Hall–Kier alpha value is -1.80. The van der Waals surface area contributed by atoms with Crippen LogP contribution in [-0.2, 0) is 12.8 Å². The van der Waals surface area contributed by atoms with E-state index in [4.69, 9.17) is 0 Å². The molecule has 21 heavy (non-hydrogen) atoms. The van der Waals surface area contributed by atoms with Crippen molar-refractivity contribution in [3.8, 4) is 5.75 Å². The van der Waals surface area contributed by atoms with E-state index in [1.165, 1.54) is 29.5 Å². The van der Waals surface area contributed by atoms with Gasteiger partial charge in [0.1, 0.15) is 5.75 Å². The van der Waals surface area contributed by atoms with Crippen molar-refractivity contribution in [3.05, 3.63) is 65.2 Å². The van der Waals surface area contributed by atoms with Gasteiger partial charge in [0.05, 0.1) is 0 Å². The van der Waals surface area contributed by atoms with Crippen LogP contribution in [0.15, 0.2) is 48.5 Å². The van der Waals surface area contributed by atoms with E-state index in [0.717, 1.165) is 19.4 Å². The summed E-state index contributed by atoms with van der Waals surface area (Å²) in [5.41, 5.74) is 4.11. The predicted molar refractivity (Wildman–Crippen MR) is 86.6 cm³/mol. The van der Waals surface area contributed by atoms with E-state index >= 15 is 0 Å². The van der Waals surface area contributed by atoms with E-state index in [0.29, 0.717) is 11.8 Å². The molecule has 110 valence electrons.